The van der Waals surface area contributed by atoms with Gasteiger partial charge in [0.15, 0.2) is 0 Å². The molecular weight excluding hydrogens is 727 g/mol. The first-order valence-corrected chi connectivity index (χ1v) is 23.7. The molecule has 1 fully saturated rings. The van der Waals surface area contributed by atoms with Crippen LogP contribution in [0.3, 0.4) is 0 Å². The summed E-state index contributed by atoms with van der Waals surface area (Å²) in [5.41, 5.74) is 12.8. The Morgan fingerprint density at radius 2 is 1.57 bits per heavy atom. The Balaban J connectivity index is 0.981. The summed E-state index contributed by atoms with van der Waals surface area (Å²) >= 11 is 0. The predicted molar refractivity (Wildman–Crippen MR) is 244 cm³/mol. The predicted octanol–water partition coefficient (Wildman–Crippen LogP) is 13.1. The van der Waals surface area contributed by atoms with E-state index < -0.39 is 0 Å². The van der Waals surface area contributed by atoms with Crippen LogP contribution in [0.15, 0.2) is 180 Å². The summed E-state index contributed by atoms with van der Waals surface area (Å²) in [6, 6.07) is 19.4. The Morgan fingerprint density at radius 3 is 2.48 bits per heavy atom. The molecule has 60 heavy (non-hydrogen) atoms. The monoisotopic (exact) mass is 785 g/mol. The molecule has 0 N–H and O–H groups in total. The van der Waals surface area contributed by atoms with Crippen molar-refractivity contribution in [2.45, 2.75) is 101 Å². The minimum atomic E-state index is -0.0990. The van der Waals surface area contributed by atoms with Gasteiger partial charge in [-0.2, -0.15) is 0 Å². The van der Waals surface area contributed by atoms with Crippen molar-refractivity contribution < 1.29 is 4.74 Å². The highest BCUT2D eigenvalue weighted by molar-refractivity contribution is 5.65. The van der Waals surface area contributed by atoms with E-state index in [1.54, 1.807) is 33.5 Å². The van der Waals surface area contributed by atoms with Crippen molar-refractivity contribution in [2.75, 3.05) is 0 Å². The summed E-state index contributed by atoms with van der Waals surface area (Å²) < 4.78 is 6.89. The first kappa shape index (κ1) is 35.9. The van der Waals surface area contributed by atoms with Crippen molar-refractivity contribution in [3.63, 3.8) is 0 Å². The maximum atomic E-state index is 6.89. The summed E-state index contributed by atoms with van der Waals surface area (Å²) in [6.45, 7) is 5.19. The van der Waals surface area contributed by atoms with Crippen molar-refractivity contribution in [3.05, 3.63) is 197 Å². The zero-order valence-corrected chi connectivity index (χ0v) is 35.4. The molecule has 11 aliphatic rings. The van der Waals surface area contributed by atoms with Crippen LogP contribution in [-0.4, -0.2) is 23.1 Å². The third-order valence-corrected chi connectivity index (χ3v) is 17.9. The summed E-state index contributed by atoms with van der Waals surface area (Å²) in [5, 5.41) is 0. The van der Waals surface area contributed by atoms with Crippen LogP contribution in [0.2, 0.25) is 0 Å². The molecule has 2 aromatic rings. The average molecular weight is 786 g/mol. The Kier molecular flexibility index (Phi) is 7.98. The molecule has 302 valence electrons. The SMILES string of the molecule is CC1(C)C2=CCCC(N(C3=CCCC4Oc5ccccc5C34)C3C=CC4=C(C3)[C@@]3(c5ccccc5C5C=CC=CC53)C3C=C(C5C=CC=CC5)C=CC43)C2C2C=CCCC21. The minimum absolute atomic E-state index is 0.0990. The van der Waals surface area contributed by atoms with Gasteiger partial charge in [0.2, 0.25) is 0 Å². The highest BCUT2D eigenvalue weighted by Gasteiger charge is 2.63. The number of rotatable bonds is 4. The highest BCUT2D eigenvalue weighted by atomic mass is 16.5. The molecule has 1 aliphatic heterocycles. The third-order valence-electron chi connectivity index (χ3n) is 17.9. The van der Waals surface area contributed by atoms with Gasteiger partial charge in [0.1, 0.15) is 11.9 Å². The first-order chi connectivity index (χ1) is 29.5. The molecule has 10 aliphatic carbocycles. The van der Waals surface area contributed by atoms with E-state index in [1.807, 2.05) is 0 Å². The van der Waals surface area contributed by atoms with Crippen LogP contribution in [0.4, 0.5) is 0 Å². The van der Waals surface area contributed by atoms with Crippen LogP contribution in [-0.2, 0) is 5.41 Å². The topological polar surface area (TPSA) is 12.5 Å². The number of para-hydroxylation sites is 1. The fourth-order valence-electron chi connectivity index (χ4n) is 15.7. The molecule has 1 spiro atoms. The quantitative estimate of drug-likeness (QED) is 0.286. The van der Waals surface area contributed by atoms with Gasteiger partial charge in [-0.1, -0.05) is 171 Å². The molecule has 2 nitrogen and oxygen atoms in total. The van der Waals surface area contributed by atoms with Crippen LogP contribution in [0.25, 0.3) is 0 Å². The van der Waals surface area contributed by atoms with E-state index in [4.69, 9.17) is 4.74 Å². The van der Waals surface area contributed by atoms with Gasteiger partial charge in [-0.25, -0.2) is 0 Å². The second-order valence-corrected chi connectivity index (χ2v) is 20.6. The lowest BCUT2D eigenvalue weighted by atomic mass is 9.59. The lowest BCUT2D eigenvalue weighted by Gasteiger charge is -2.51. The zero-order chi connectivity index (χ0) is 39.7. The maximum Gasteiger partial charge on any atom is 0.123 e. The van der Waals surface area contributed by atoms with Crippen LogP contribution in [0.1, 0.15) is 93.7 Å². The van der Waals surface area contributed by atoms with E-state index in [0.717, 1.165) is 31.4 Å². The summed E-state index contributed by atoms with van der Waals surface area (Å²) in [6.07, 6.45) is 52.4. The number of hydrogen-bond acceptors (Lipinski definition) is 2. The second-order valence-electron chi connectivity index (χ2n) is 20.6. The molecular formula is C58H59NO. The van der Waals surface area contributed by atoms with Gasteiger partial charge in [-0.05, 0) is 97.0 Å². The lowest BCUT2D eigenvalue weighted by molar-refractivity contribution is 0.101. The van der Waals surface area contributed by atoms with Gasteiger partial charge in [-0.15, -0.1) is 0 Å². The van der Waals surface area contributed by atoms with Crippen molar-refractivity contribution >= 4 is 0 Å². The number of fused-ring (bicyclic) bond motifs is 15. The molecule has 2 heteroatoms. The molecule has 0 amide bonds. The van der Waals surface area contributed by atoms with Crippen molar-refractivity contribution in [3.8, 4) is 5.75 Å². The normalized spacial score (nSPS) is 40.1. The largest absolute Gasteiger partial charge is 0.489 e. The Morgan fingerprint density at radius 1 is 0.717 bits per heavy atom. The van der Waals surface area contributed by atoms with E-state index in [0.29, 0.717) is 53.4 Å². The van der Waals surface area contributed by atoms with Gasteiger partial charge in [0.25, 0.3) is 0 Å². The van der Waals surface area contributed by atoms with E-state index in [9.17, 15) is 0 Å². The van der Waals surface area contributed by atoms with Gasteiger partial charge in [-0.3, -0.25) is 0 Å². The van der Waals surface area contributed by atoms with Crippen molar-refractivity contribution in [1.82, 2.24) is 4.90 Å². The summed E-state index contributed by atoms with van der Waals surface area (Å²) in [4.78, 5) is 3.09. The van der Waals surface area contributed by atoms with Crippen molar-refractivity contribution in [1.29, 1.82) is 0 Å². The standard InChI is InChI=1S/C58H59NO/c1-57(2)45-22-10-8-20-43(45)55-48(57)25-14-26-51(55)59(52-27-15-29-54-56(52)44-21-9-13-28-53(44)60-54)38-31-33-42-41-32-30-37(36-16-4-3-5-17-36)34-49(41)58(50(42)35-38)46-23-11-6-18-39(46)40-19-7-12-24-47(40)58/h3-9,11-13,16,18-21,23-25,27-28,30-34,36,38-39,41,43,45-46,49,51,54-56H,10,14-15,17,22,26,29,35H2,1-2H3/t36?,38?,39?,41?,43?,45?,46?,49?,51?,54?,55?,56?,58-/m0/s1. The minimum Gasteiger partial charge on any atom is -0.489 e. The highest BCUT2D eigenvalue weighted by Crippen LogP contribution is 2.69. The van der Waals surface area contributed by atoms with E-state index in [-0.39, 0.29) is 28.9 Å². The molecule has 13 atom stereocenters. The summed E-state index contributed by atoms with van der Waals surface area (Å²) in [7, 11) is 0. The Labute approximate surface area is 357 Å². The van der Waals surface area contributed by atoms with Crippen molar-refractivity contribution in [2.24, 2.45) is 46.8 Å². The van der Waals surface area contributed by atoms with Gasteiger partial charge < -0.3 is 9.64 Å². The second kappa shape index (κ2) is 13.3. The molecule has 12 unspecified atom stereocenters. The number of hydrogen-bond donors (Lipinski definition) is 0. The molecule has 0 saturated heterocycles. The molecule has 2 aromatic carbocycles. The van der Waals surface area contributed by atoms with E-state index in [1.165, 1.54) is 36.8 Å². The smallest absolute Gasteiger partial charge is 0.123 e. The fraction of sp³-hybridized carbons (Fsp3) is 0.414. The molecule has 0 radical (unpaired) electrons. The van der Waals surface area contributed by atoms with Gasteiger partial charge in [0.05, 0.1) is 12.0 Å². The van der Waals surface area contributed by atoms with Gasteiger partial charge >= 0.3 is 0 Å². The maximum absolute atomic E-state index is 6.89. The van der Waals surface area contributed by atoms with E-state index in [2.05, 4.69) is 171 Å². The number of benzene rings is 2. The summed E-state index contributed by atoms with van der Waals surface area (Å²) in [5.74, 6) is 5.22. The molecule has 0 aromatic heterocycles. The molecule has 1 saturated carbocycles. The van der Waals surface area contributed by atoms with Crippen LogP contribution in [0.5, 0.6) is 5.75 Å². The number of nitrogens with zero attached hydrogens (tertiary/aromatic N) is 1. The Hall–Kier alpha value is -4.82. The fourth-order valence-corrected chi connectivity index (χ4v) is 15.7. The Bertz CT molecular complexity index is 2510. The first-order valence-electron chi connectivity index (χ1n) is 23.7. The van der Waals surface area contributed by atoms with Crippen LogP contribution in [0, 0.1) is 46.8 Å². The van der Waals surface area contributed by atoms with E-state index >= 15 is 0 Å². The number of allylic oxidation sites excluding steroid dienone is 18. The van der Waals surface area contributed by atoms with Crippen LogP contribution >= 0.6 is 0 Å². The third kappa shape index (κ3) is 4.83. The number of ether oxygens (including phenoxy) is 1. The van der Waals surface area contributed by atoms with Crippen LogP contribution < -0.4 is 4.74 Å². The zero-order valence-electron chi connectivity index (χ0n) is 35.4. The molecule has 1 heterocycles. The lowest BCUT2D eigenvalue weighted by Crippen LogP contribution is -2.51. The average Bonchev–Trinajstić information content (AvgIpc) is 3.99. The molecule has 0 bridgehead atoms. The van der Waals surface area contributed by atoms with Gasteiger partial charge in [0, 0.05) is 58.2 Å². The molecule has 13 rings (SSSR count).